The third-order valence-corrected chi connectivity index (χ3v) is 3.38. The molecular formula is C12H21N3O2. The Morgan fingerprint density at radius 1 is 1.47 bits per heavy atom. The number of ether oxygens (including phenoxy) is 1. The lowest BCUT2D eigenvalue weighted by Gasteiger charge is -2.30. The summed E-state index contributed by atoms with van der Waals surface area (Å²) in [6.45, 7) is 4.91. The Morgan fingerprint density at radius 3 is 2.94 bits per heavy atom. The predicted molar refractivity (Wildman–Crippen MR) is 63.7 cm³/mol. The molecule has 2 unspecified atom stereocenters. The lowest BCUT2D eigenvalue weighted by Crippen LogP contribution is -2.31. The van der Waals surface area contributed by atoms with Gasteiger partial charge in [0.2, 0.25) is 11.7 Å². The summed E-state index contributed by atoms with van der Waals surface area (Å²) in [5.41, 5.74) is -0.358. The number of hydrogen-bond donors (Lipinski definition) is 1. The van der Waals surface area contributed by atoms with E-state index in [1.165, 1.54) is 0 Å². The quantitative estimate of drug-likeness (QED) is 0.865. The lowest BCUT2D eigenvalue weighted by molar-refractivity contribution is -0.0770. The Balaban J connectivity index is 2.06. The van der Waals surface area contributed by atoms with Crippen molar-refractivity contribution in [2.45, 2.75) is 51.2 Å². The molecule has 17 heavy (non-hydrogen) atoms. The van der Waals surface area contributed by atoms with Crippen molar-refractivity contribution < 1.29 is 9.26 Å². The molecule has 5 heteroatoms. The minimum atomic E-state index is -0.358. The molecule has 1 aromatic heterocycles. The van der Waals surface area contributed by atoms with Gasteiger partial charge in [-0.05, 0) is 40.2 Å². The molecule has 0 radical (unpaired) electrons. The number of rotatable bonds is 4. The van der Waals surface area contributed by atoms with Crippen LogP contribution in [0, 0.1) is 0 Å². The van der Waals surface area contributed by atoms with Gasteiger partial charge >= 0.3 is 0 Å². The molecule has 1 fully saturated rings. The van der Waals surface area contributed by atoms with E-state index in [2.05, 4.69) is 22.4 Å². The van der Waals surface area contributed by atoms with Crippen molar-refractivity contribution in [3.8, 4) is 0 Å². The largest absolute Gasteiger partial charge is 0.367 e. The van der Waals surface area contributed by atoms with Crippen LogP contribution >= 0.6 is 0 Å². The summed E-state index contributed by atoms with van der Waals surface area (Å²) >= 11 is 0. The van der Waals surface area contributed by atoms with Crippen molar-refractivity contribution in [1.82, 2.24) is 15.5 Å². The summed E-state index contributed by atoms with van der Waals surface area (Å²) in [5.74, 6) is 1.37. The molecule has 0 saturated carbocycles. The van der Waals surface area contributed by atoms with Crippen LogP contribution in [0.2, 0.25) is 0 Å². The highest BCUT2D eigenvalue weighted by atomic mass is 16.5. The molecule has 2 atom stereocenters. The second-order valence-electron chi connectivity index (χ2n) is 4.94. The number of nitrogens with one attached hydrogen (secondary N) is 1. The zero-order valence-electron chi connectivity index (χ0n) is 10.8. The van der Waals surface area contributed by atoms with E-state index < -0.39 is 0 Å². The summed E-state index contributed by atoms with van der Waals surface area (Å²) < 4.78 is 11.1. The Labute approximate surface area is 102 Å². The fraction of sp³-hybridized carbons (Fsp3) is 0.833. The molecule has 1 N–H and O–H groups in total. The van der Waals surface area contributed by atoms with Crippen LogP contribution in [-0.4, -0.2) is 29.8 Å². The van der Waals surface area contributed by atoms with E-state index in [0.29, 0.717) is 17.8 Å². The summed E-state index contributed by atoms with van der Waals surface area (Å²) in [6.07, 6.45) is 4.00. The Morgan fingerprint density at radius 2 is 2.29 bits per heavy atom. The zero-order valence-corrected chi connectivity index (χ0v) is 10.8. The van der Waals surface area contributed by atoms with Crippen LogP contribution in [0.4, 0.5) is 0 Å². The average molecular weight is 239 g/mol. The first-order valence-corrected chi connectivity index (χ1v) is 6.28. The molecule has 1 aliphatic heterocycles. The van der Waals surface area contributed by atoms with Gasteiger partial charge in [0.25, 0.3) is 0 Å². The van der Waals surface area contributed by atoms with Gasteiger partial charge in [-0.3, -0.25) is 0 Å². The fourth-order valence-corrected chi connectivity index (χ4v) is 2.03. The molecule has 1 aliphatic rings. The van der Waals surface area contributed by atoms with Gasteiger partial charge in [-0.15, -0.1) is 0 Å². The van der Waals surface area contributed by atoms with Crippen molar-refractivity contribution in [1.29, 1.82) is 0 Å². The first kappa shape index (κ1) is 12.5. The molecule has 0 aliphatic carbocycles. The second-order valence-corrected chi connectivity index (χ2v) is 4.94. The standard InChI is InChI=1S/C12H21N3O2/c1-9(13-3)8-10-14-11(15-17-10)12(2)6-4-5-7-16-12/h9,13H,4-8H2,1-3H3. The van der Waals surface area contributed by atoms with Crippen LogP contribution in [0.5, 0.6) is 0 Å². The van der Waals surface area contributed by atoms with Crippen molar-refractivity contribution in [2.24, 2.45) is 0 Å². The first-order valence-electron chi connectivity index (χ1n) is 6.28. The van der Waals surface area contributed by atoms with Gasteiger partial charge in [-0.1, -0.05) is 5.16 Å². The van der Waals surface area contributed by atoms with Gasteiger partial charge < -0.3 is 14.6 Å². The van der Waals surface area contributed by atoms with Gasteiger partial charge in [0.05, 0.1) is 0 Å². The average Bonchev–Trinajstić information content (AvgIpc) is 2.79. The van der Waals surface area contributed by atoms with Crippen molar-refractivity contribution >= 4 is 0 Å². The van der Waals surface area contributed by atoms with E-state index in [4.69, 9.17) is 9.26 Å². The number of hydrogen-bond acceptors (Lipinski definition) is 5. The molecule has 1 aromatic rings. The minimum absolute atomic E-state index is 0.336. The third kappa shape index (κ3) is 2.84. The highest BCUT2D eigenvalue weighted by molar-refractivity contribution is 5.01. The SMILES string of the molecule is CNC(C)Cc1nc(C2(C)CCCCO2)no1. The van der Waals surface area contributed by atoms with E-state index in [1.54, 1.807) is 0 Å². The molecular weight excluding hydrogens is 218 g/mol. The van der Waals surface area contributed by atoms with Crippen LogP contribution in [0.25, 0.3) is 0 Å². The molecule has 0 spiro atoms. The lowest BCUT2D eigenvalue weighted by atomic mass is 9.95. The van der Waals surface area contributed by atoms with Crippen molar-refractivity contribution in [3.63, 3.8) is 0 Å². The van der Waals surface area contributed by atoms with Gasteiger partial charge in [-0.2, -0.15) is 4.98 Å². The highest BCUT2D eigenvalue weighted by Crippen LogP contribution is 2.32. The topological polar surface area (TPSA) is 60.2 Å². The molecule has 0 bridgehead atoms. The van der Waals surface area contributed by atoms with Gasteiger partial charge in [0.1, 0.15) is 5.60 Å². The number of aromatic nitrogens is 2. The minimum Gasteiger partial charge on any atom is -0.367 e. The molecule has 0 amide bonds. The molecule has 0 aromatic carbocycles. The summed E-state index contributed by atoms with van der Waals surface area (Å²) in [6, 6.07) is 0.336. The Bertz CT molecular complexity index is 358. The fourth-order valence-electron chi connectivity index (χ4n) is 2.03. The molecule has 96 valence electrons. The maximum Gasteiger partial charge on any atom is 0.228 e. The van der Waals surface area contributed by atoms with E-state index in [0.717, 1.165) is 32.3 Å². The summed E-state index contributed by atoms with van der Waals surface area (Å²) in [4.78, 5) is 4.45. The third-order valence-electron chi connectivity index (χ3n) is 3.38. The summed E-state index contributed by atoms with van der Waals surface area (Å²) in [7, 11) is 1.92. The van der Waals surface area contributed by atoms with E-state index >= 15 is 0 Å². The zero-order chi connectivity index (χ0) is 12.3. The number of nitrogens with zero attached hydrogens (tertiary/aromatic N) is 2. The second kappa shape index (κ2) is 5.14. The van der Waals surface area contributed by atoms with Gasteiger partial charge in [0, 0.05) is 19.1 Å². The van der Waals surface area contributed by atoms with Crippen LogP contribution < -0.4 is 5.32 Å². The van der Waals surface area contributed by atoms with Crippen LogP contribution in [0.15, 0.2) is 4.52 Å². The monoisotopic (exact) mass is 239 g/mol. The smallest absolute Gasteiger partial charge is 0.228 e. The van der Waals surface area contributed by atoms with Gasteiger partial charge in [-0.25, -0.2) is 0 Å². The molecule has 2 rings (SSSR count). The number of likely N-dealkylation sites (N-methyl/N-ethyl adjacent to an activating group) is 1. The summed E-state index contributed by atoms with van der Waals surface area (Å²) in [5, 5.41) is 7.21. The van der Waals surface area contributed by atoms with E-state index in [9.17, 15) is 0 Å². The maximum atomic E-state index is 5.80. The van der Waals surface area contributed by atoms with Crippen LogP contribution in [0.1, 0.15) is 44.8 Å². The van der Waals surface area contributed by atoms with Crippen LogP contribution in [0.3, 0.4) is 0 Å². The van der Waals surface area contributed by atoms with Crippen LogP contribution in [-0.2, 0) is 16.8 Å². The van der Waals surface area contributed by atoms with Crippen molar-refractivity contribution in [2.75, 3.05) is 13.7 Å². The van der Waals surface area contributed by atoms with Crippen molar-refractivity contribution in [3.05, 3.63) is 11.7 Å². The normalized spacial score (nSPS) is 27.0. The molecule has 5 nitrogen and oxygen atoms in total. The molecule has 2 heterocycles. The van der Waals surface area contributed by atoms with E-state index in [1.807, 2.05) is 14.0 Å². The molecule has 1 saturated heterocycles. The Hall–Kier alpha value is -0.940. The highest BCUT2D eigenvalue weighted by Gasteiger charge is 2.34. The van der Waals surface area contributed by atoms with E-state index in [-0.39, 0.29) is 5.60 Å². The predicted octanol–water partition coefficient (Wildman–Crippen LogP) is 1.64. The Kier molecular flexibility index (Phi) is 3.79. The van der Waals surface area contributed by atoms with Gasteiger partial charge in [0.15, 0.2) is 0 Å². The maximum absolute atomic E-state index is 5.80. The first-order chi connectivity index (χ1) is 8.14.